The molecule has 0 saturated heterocycles. The van der Waals surface area contributed by atoms with Gasteiger partial charge in [-0.1, -0.05) is 13.5 Å². The molecular formula is C8H14O. The van der Waals surface area contributed by atoms with Crippen LogP contribution in [-0.2, 0) is 0 Å². The van der Waals surface area contributed by atoms with Crippen LogP contribution in [0.2, 0.25) is 0 Å². The first-order valence-electron chi connectivity index (χ1n) is 3.56. The minimum atomic E-state index is -0.214. The molecule has 0 radical (unpaired) electrons. The summed E-state index contributed by atoms with van der Waals surface area (Å²) in [5.74, 6) is 0.686. The van der Waals surface area contributed by atoms with Crippen molar-refractivity contribution in [3.8, 4) is 0 Å². The average Bonchev–Trinajstić information content (AvgIpc) is 1.80. The van der Waals surface area contributed by atoms with Crippen molar-refractivity contribution in [3.63, 3.8) is 0 Å². The van der Waals surface area contributed by atoms with Crippen LogP contribution in [0.15, 0.2) is 12.2 Å². The van der Waals surface area contributed by atoms with Gasteiger partial charge in [-0.05, 0) is 30.8 Å². The molecule has 1 N–H and O–H groups in total. The fourth-order valence-corrected chi connectivity index (χ4v) is 1.26. The molecule has 1 heteroatoms. The molecule has 0 aliphatic heterocycles. The van der Waals surface area contributed by atoms with E-state index < -0.39 is 0 Å². The van der Waals surface area contributed by atoms with Gasteiger partial charge in [0.1, 0.15) is 0 Å². The number of aliphatic hydroxyl groups is 1. The lowest BCUT2D eigenvalue weighted by atomic mass is 9.86. The zero-order valence-electron chi connectivity index (χ0n) is 5.93. The van der Waals surface area contributed by atoms with Gasteiger partial charge < -0.3 is 5.11 Å². The van der Waals surface area contributed by atoms with Crippen LogP contribution in [-0.4, -0.2) is 11.2 Å². The Labute approximate surface area is 56.4 Å². The first-order valence-corrected chi connectivity index (χ1v) is 3.56. The summed E-state index contributed by atoms with van der Waals surface area (Å²) in [6, 6.07) is 0. The van der Waals surface area contributed by atoms with Crippen molar-refractivity contribution < 1.29 is 5.11 Å². The van der Waals surface area contributed by atoms with E-state index >= 15 is 0 Å². The second-order valence-electron chi connectivity index (χ2n) is 3.05. The van der Waals surface area contributed by atoms with Gasteiger partial charge >= 0.3 is 0 Å². The predicted octanol–water partition coefficient (Wildman–Crippen LogP) is 1.72. The van der Waals surface area contributed by atoms with Crippen molar-refractivity contribution in [1.82, 2.24) is 0 Å². The molecule has 0 spiro atoms. The van der Waals surface area contributed by atoms with E-state index in [0.29, 0.717) is 5.92 Å². The van der Waals surface area contributed by atoms with Crippen LogP contribution in [0.25, 0.3) is 0 Å². The number of aliphatic hydroxyl groups excluding tert-OH is 1. The number of rotatable bonds is 0. The Kier molecular flexibility index (Phi) is 1.91. The highest BCUT2D eigenvalue weighted by atomic mass is 16.3. The van der Waals surface area contributed by atoms with Crippen LogP contribution < -0.4 is 0 Å². The maximum Gasteiger partial charge on any atom is 0.0750 e. The lowest BCUT2D eigenvalue weighted by molar-refractivity contribution is 0.154. The van der Waals surface area contributed by atoms with Crippen LogP contribution in [0, 0.1) is 5.92 Å². The highest BCUT2D eigenvalue weighted by molar-refractivity contribution is 5.04. The molecule has 1 aliphatic rings. The number of hydrogen-bond acceptors (Lipinski definition) is 1. The van der Waals surface area contributed by atoms with E-state index in [0.717, 1.165) is 18.4 Å². The van der Waals surface area contributed by atoms with Gasteiger partial charge in [0.05, 0.1) is 6.10 Å². The van der Waals surface area contributed by atoms with E-state index in [1.54, 1.807) is 0 Å². The van der Waals surface area contributed by atoms with Gasteiger partial charge in [0.25, 0.3) is 0 Å². The molecule has 1 fully saturated rings. The van der Waals surface area contributed by atoms with Crippen molar-refractivity contribution in [2.75, 3.05) is 0 Å². The molecule has 52 valence electrons. The molecular weight excluding hydrogens is 112 g/mol. The molecule has 0 aromatic carbocycles. The summed E-state index contributed by atoms with van der Waals surface area (Å²) in [6.07, 6.45) is 2.92. The van der Waals surface area contributed by atoms with Crippen LogP contribution in [0.5, 0.6) is 0 Å². The molecule has 0 bridgehead atoms. The number of hydrogen-bond donors (Lipinski definition) is 1. The normalized spacial score (nSPS) is 36.9. The van der Waals surface area contributed by atoms with Gasteiger partial charge in [-0.3, -0.25) is 0 Å². The molecule has 1 rings (SSSR count). The van der Waals surface area contributed by atoms with Crippen LogP contribution in [0.1, 0.15) is 26.2 Å². The average molecular weight is 126 g/mol. The Hall–Kier alpha value is -0.300. The van der Waals surface area contributed by atoms with Crippen LogP contribution in [0.4, 0.5) is 0 Å². The van der Waals surface area contributed by atoms with Crippen molar-refractivity contribution in [2.45, 2.75) is 32.3 Å². The Morgan fingerprint density at radius 1 is 1.67 bits per heavy atom. The fourth-order valence-electron chi connectivity index (χ4n) is 1.26. The van der Waals surface area contributed by atoms with Crippen molar-refractivity contribution >= 4 is 0 Å². The zero-order chi connectivity index (χ0) is 6.85. The SMILES string of the molecule is C=C1CC[C@@H](C)C[C@@H]1O. The van der Waals surface area contributed by atoms with Crippen molar-refractivity contribution in [3.05, 3.63) is 12.2 Å². The van der Waals surface area contributed by atoms with E-state index in [2.05, 4.69) is 13.5 Å². The summed E-state index contributed by atoms with van der Waals surface area (Å²) in [6.45, 7) is 5.96. The Balaban J connectivity index is 2.44. The third-order valence-electron chi connectivity index (χ3n) is 2.06. The summed E-state index contributed by atoms with van der Waals surface area (Å²) in [5, 5.41) is 9.25. The lowest BCUT2D eigenvalue weighted by Crippen LogP contribution is -2.19. The highest BCUT2D eigenvalue weighted by Gasteiger charge is 2.18. The smallest absolute Gasteiger partial charge is 0.0750 e. The summed E-state index contributed by atoms with van der Waals surface area (Å²) < 4.78 is 0. The molecule has 0 unspecified atom stereocenters. The summed E-state index contributed by atoms with van der Waals surface area (Å²) >= 11 is 0. The largest absolute Gasteiger partial charge is 0.389 e. The first-order chi connectivity index (χ1) is 4.20. The van der Waals surface area contributed by atoms with E-state index in [-0.39, 0.29) is 6.10 Å². The summed E-state index contributed by atoms with van der Waals surface area (Å²) in [5.41, 5.74) is 1.02. The minimum absolute atomic E-state index is 0.214. The third-order valence-corrected chi connectivity index (χ3v) is 2.06. The molecule has 9 heavy (non-hydrogen) atoms. The van der Waals surface area contributed by atoms with Gasteiger partial charge in [0, 0.05) is 0 Å². The van der Waals surface area contributed by atoms with Gasteiger partial charge in [-0.25, -0.2) is 0 Å². The van der Waals surface area contributed by atoms with Gasteiger partial charge in [-0.2, -0.15) is 0 Å². The second-order valence-corrected chi connectivity index (χ2v) is 3.05. The quantitative estimate of drug-likeness (QED) is 0.490. The van der Waals surface area contributed by atoms with Gasteiger partial charge in [0.15, 0.2) is 0 Å². The van der Waals surface area contributed by atoms with E-state index in [9.17, 15) is 5.11 Å². The van der Waals surface area contributed by atoms with Crippen LogP contribution >= 0.6 is 0 Å². The Morgan fingerprint density at radius 2 is 2.33 bits per heavy atom. The molecule has 1 saturated carbocycles. The molecule has 0 amide bonds. The molecule has 0 aromatic rings. The summed E-state index contributed by atoms with van der Waals surface area (Å²) in [7, 11) is 0. The fraction of sp³-hybridized carbons (Fsp3) is 0.750. The van der Waals surface area contributed by atoms with Crippen molar-refractivity contribution in [1.29, 1.82) is 0 Å². The lowest BCUT2D eigenvalue weighted by Gasteiger charge is -2.24. The van der Waals surface area contributed by atoms with Gasteiger partial charge in [-0.15, -0.1) is 0 Å². The molecule has 0 heterocycles. The van der Waals surface area contributed by atoms with Crippen LogP contribution in [0.3, 0.4) is 0 Å². The minimum Gasteiger partial charge on any atom is -0.389 e. The van der Waals surface area contributed by atoms with E-state index in [1.165, 1.54) is 6.42 Å². The maximum absolute atomic E-state index is 9.25. The highest BCUT2D eigenvalue weighted by Crippen LogP contribution is 2.26. The Morgan fingerprint density at radius 3 is 2.78 bits per heavy atom. The van der Waals surface area contributed by atoms with Crippen molar-refractivity contribution in [2.24, 2.45) is 5.92 Å². The molecule has 1 aliphatic carbocycles. The topological polar surface area (TPSA) is 20.2 Å². The Bertz CT molecular complexity index is 118. The van der Waals surface area contributed by atoms with Gasteiger partial charge in [0.2, 0.25) is 0 Å². The summed E-state index contributed by atoms with van der Waals surface area (Å²) in [4.78, 5) is 0. The third kappa shape index (κ3) is 1.55. The molecule has 0 aromatic heterocycles. The standard InChI is InChI=1S/C8H14O/c1-6-3-4-7(2)8(9)5-6/h6,8-9H,2-5H2,1H3/t6-,8+/m1/s1. The van der Waals surface area contributed by atoms with E-state index in [4.69, 9.17) is 0 Å². The predicted molar refractivity (Wildman–Crippen MR) is 38.2 cm³/mol. The first kappa shape index (κ1) is 6.81. The maximum atomic E-state index is 9.25. The zero-order valence-corrected chi connectivity index (χ0v) is 5.93. The second kappa shape index (κ2) is 2.53. The molecule has 2 atom stereocenters. The van der Waals surface area contributed by atoms with E-state index in [1.807, 2.05) is 0 Å². The molecule has 1 nitrogen and oxygen atoms in total. The monoisotopic (exact) mass is 126 g/mol.